The fourth-order valence-electron chi connectivity index (χ4n) is 1.97. The number of hydrogen-bond acceptors (Lipinski definition) is 6. The Morgan fingerprint density at radius 3 is 2.87 bits per heavy atom. The van der Waals surface area contributed by atoms with E-state index in [0.29, 0.717) is 10.7 Å². The Labute approximate surface area is 146 Å². The van der Waals surface area contributed by atoms with Crippen LogP contribution in [0.15, 0.2) is 34.1 Å². The van der Waals surface area contributed by atoms with Gasteiger partial charge in [0, 0.05) is 16.4 Å². The molecule has 0 aliphatic carbocycles. The second-order valence-electron chi connectivity index (χ2n) is 4.69. The molecular formula is C15H16BrN3O3S. The zero-order valence-electron chi connectivity index (χ0n) is 12.4. The lowest BCUT2D eigenvalue weighted by molar-refractivity contribution is -0.141. The quantitative estimate of drug-likeness (QED) is 0.729. The molecule has 0 aliphatic heterocycles. The van der Waals surface area contributed by atoms with Crippen molar-refractivity contribution in [2.45, 2.75) is 19.0 Å². The maximum atomic E-state index is 12.3. The third-order valence-corrected chi connectivity index (χ3v) is 4.48. The molecule has 0 bridgehead atoms. The number of esters is 1. The van der Waals surface area contributed by atoms with Crippen molar-refractivity contribution in [2.75, 3.05) is 7.11 Å². The lowest BCUT2D eigenvalue weighted by atomic mass is 10.0. The summed E-state index contributed by atoms with van der Waals surface area (Å²) in [5, 5.41) is 5.15. The molecule has 1 unspecified atom stereocenters. The molecule has 0 radical (unpaired) electrons. The Morgan fingerprint density at radius 1 is 1.48 bits per heavy atom. The van der Waals surface area contributed by atoms with Gasteiger partial charge in [0.1, 0.15) is 10.7 Å². The predicted molar refractivity (Wildman–Crippen MR) is 91.0 cm³/mol. The van der Waals surface area contributed by atoms with Crippen molar-refractivity contribution in [1.82, 2.24) is 10.3 Å². The molecule has 0 saturated carbocycles. The summed E-state index contributed by atoms with van der Waals surface area (Å²) in [4.78, 5) is 28.1. The Kier molecular flexibility index (Phi) is 6.26. The van der Waals surface area contributed by atoms with Gasteiger partial charge in [-0.2, -0.15) is 0 Å². The van der Waals surface area contributed by atoms with E-state index in [1.165, 1.54) is 18.4 Å². The second-order valence-corrected chi connectivity index (χ2v) is 6.55. The molecule has 1 aromatic heterocycles. The lowest BCUT2D eigenvalue weighted by Gasteiger charge is -2.18. The summed E-state index contributed by atoms with van der Waals surface area (Å²) in [6, 6.07) is 6.89. The van der Waals surface area contributed by atoms with Crippen LogP contribution in [0, 0.1) is 0 Å². The van der Waals surface area contributed by atoms with E-state index >= 15 is 0 Å². The van der Waals surface area contributed by atoms with Gasteiger partial charge < -0.3 is 15.8 Å². The number of amides is 1. The van der Waals surface area contributed by atoms with Crippen LogP contribution < -0.4 is 11.1 Å². The van der Waals surface area contributed by atoms with Crippen LogP contribution >= 0.6 is 27.3 Å². The summed E-state index contributed by atoms with van der Waals surface area (Å²) < 4.78 is 5.57. The third-order valence-electron chi connectivity index (χ3n) is 3.11. The van der Waals surface area contributed by atoms with Crippen LogP contribution in [0.5, 0.6) is 0 Å². The van der Waals surface area contributed by atoms with Crippen molar-refractivity contribution < 1.29 is 14.3 Å². The number of carbonyl (C=O) groups excluding carboxylic acids is 2. The van der Waals surface area contributed by atoms with Crippen LogP contribution in [0.4, 0.5) is 0 Å². The van der Waals surface area contributed by atoms with Crippen molar-refractivity contribution in [3.05, 3.63) is 50.4 Å². The second kappa shape index (κ2) is 8.19. The number of thiazole rings is 1. The van der Waals surface area contributed by atoms with E-state index in [4.69, 9.17) is 10.5 Å². The average molecular weight is 398 g/mol. The highest BCUT2D eigenvalue weighted by atomic mass is 79.9. The molecule has 3 N–H and O–H groups in total. The highest BCUT2D eigenvalue weighted by Gasteiger charge is 2.21. The molecule has 2 rings (SSSR count). The van der Waals surface area contributed by atoms with Gasteiger partial charge in [-0.15, -0.1) is 11.3 Å². The van der Waals surface area contributed by atoms with Gasteiger partial charge in [-0.25, -0.2) is 4.98 Å². The fourth-order valence-corrected chi connectivity index (χ4v) is 3.04. The molecule has 0 saturated heterocycles. The molecule has 0 fully saturated rings. The Balaban J connectivity index is 2.19. The summed E-state index contributed by atoms with van der Waals surface area (Å²) >= 11 is 4.71. The summed E-state index contributed by atoms with van der Waals surface area (Å²) in [7, 11) is 1.32. The van der Waals surface area contributed by atoms with Crippen LogP contribution in [0.25, 0.3) is 0 Å². The molecular weight excluding hydrogens is 382 g/mol. The highest BCUT2D eigenvalue weighted by Crippen LogP contribution is 2.22. The largest absolute Gasteiger partial charge is 0.469 e. The van der Waals surface area contributed by atoms with E-state index in [-0.39, 0.29) is 18.9 Å². The number of nitrogens with one attached hydrogen (secondary N) is 1. The van der Waals surface area contributed by atoms with E-state index in [2.05, 4.69) is 26.2 Å². The lowest BCUT2D eigenvalue weighted by Crippen LogP contribution is -2.30. The number of ether oxygens (including phenoxy) is 1. The summed E-state index contributed by atoms with van der Waals surface area (Å²) in [5.41, 5.74) is 6.60. The van der Waals surface area contributed by atoms with Gasteiger partial charge >= 0.3 is 5.97 Å². The molecule has 1 atom stereocenters. The molecule has 23 heavy (non-hydrogen) atoms. The van der Waals surface area contributed by atoms with E-state index in [0.717, 1.165) is 10.0 Å². The molecule has 6 nitrogen and oxygen atoms in total. The number of methoxy groups -OCH3 is 1. The molecule has 2 aromatic rings. The molecule has 122 valence electrons. The Bertz CT molecular complexity index is 705. The van der Waals surface area contributed by atoms with Crippen LogP contribution in [-0.4, -0.2) is 24.0 Å². The fraction of sp³-hybridized carbons (Fsp3) is 0.267. The van der Waals surface area contributed by atoms with Crippen molar-refractivity contribution in [1.29, 1.82) is 0 Å². The Morgan fingerprint density at radius 2 is 2.26 bits per heavy atom. The van der Waals surface area contributed by atoms with E-state index in [1.54, 1.807) is 5.38 Å². The van der Waals surface area contributed by atoms with Gasteiger partial charge in [0.2, 0.25) is 0 Å². The minimum Gasteiger partial charge on any atom is -0.469 e. The number of aromatic nitrogens is 1. The van der Waals surface area contributed by atoms with Crippen molar-refractivity contribution in [2.24, 2.45) is 5.73 Å². The smallest absolute Gasteiger partial charge is 0.307 e. The number of halogens is 1. The number of rotatable bonds is 6. The monoisotopic (exact) mass is 397 g/mol. The number of hydrogen-bond donors (Lipinski definition) is 2. The third kappa shape index (κ3) is 4.85. The first-order valence-electron chi connectivity index (χ1n) is 6.81. The van der Waals surface area contributed by atoms with Crippen LogP contribution in [0.1, 0.15) is 33.5 Å². The predicted octanol–water partition coefficient (Wildman–Crippen LogP) is 2.40. The number of nitrogens with zero attached hydrogens (tertiary/aromatic N) is 1. The molecule has 0 spiro atoms. The first-order chi connectivity index (χ1) is 11.0. The molecule has 0 aliphatic rings. The van der Waals surface area contributed by atoms with Crippen LogP contribution in [0.3, 0.4) is 0 Å². The zero-order valence-corrected chi connectivity index (χ0v) is 14.8. The van der Waals surface area contributed by atoms with Crippen LogP contribution in [0.2, 0.25) is 0 Å². The number of carbonyl (C=O) groups is 2. The minimum absolute atomic E-state index is 0.0343. The minimum atomic E-state index is -0.504. The molecule has 1 heterocycles. The van der Waals surface area contributed by atoms with E-state index in [9.17, 15) is 9.59 Å². The van der Waals surface area contributed by atoms with E-state index < -0.39 is 12.0 Å². The summed E-state index contributed by atoms with van der Waals surface area (Å²) in [5.74, 6) is -0.758. The van der Waals surface area contributed by atoms with Crippen molar-refractivity contribution in [3.8, 4) is 0 Å². The summed E-state index contributed by atoms with van der Waals surface area (Å²) in [6.45, 7) is 0.287. The van der Waals surface area contributed by atoms with Gasteiger partial charge in [-0.3, -0.25) is 9.59 Å². The maximum Gasteiger partial charge on any atom is 0.307 e. The molecule has 8 heteroatoms. The summed E-state index contributed by atoms with van der Waals surface area (Å²) in [6.07, 6.45) is 0.0343. The zero-order chi connectivity index (χ0) is 16.8. The van der Waals surface area contributed by atoms with Gasteiger partial charge in [-0.05, 0) is 17.7 Å². The first-order valence-corrected chi connectivity index (χ1v) is 8.48. The van der Waals surface area contributed by atoms with Gasteiger partial charge in [-0.1, -0.05) is 28.1 Å². The van der Waals surface area contributed by atoms with Crippen molar-refractivity contribution in [3.63, 3.8) is 0 Å². The Hall–Kier alpha value is -1.77. The average Bonchev–Trinajstić information content (AvgIpc) is 3.03. The van der Waals surface area contributed by atoms with E-state index in [1.807, 2.05) is 24.3 Å². The topological polar surface area (TPSA) is 94.3 Å². The highest BCUT2D eigenvalue weighted by molar-refractivity contribution is 9.10. The number of benzene rings is 1. The standard InChI is InChI=1S/C15H16BrN3O3S/c1-22-14(20)6-11(9-3-2-4-10(16)5-9)19-15(21)12-8-23-13(7-17)18-12/h2-5,8,11H,6-7,17H2,1H3,(H,19,21). The van der Waals surface area contributed by atoms with Crippen LogP contribution in [-0.2, 0) is 16.1 Å². The molecule has 1 aromatic carbocycles. The maximum absolute atomic E-state index is 12.3. The molecule has 1 amide bonds. The normalized spacial score (nSPS) is 11.8. The van der Waals surface area contributed by atoms with Gasteiger partial charge in [0.15, 0.2) is 0 Å². The van der Waals surface area contributed by atoms with Gasteiger partial charge in [0.05, 0.1) is 19.6 Å². The first kappa shape index (κ1) is 17.6. The van der Waals surface area contributed by atoms with Crippen molar-refractivity contribution >= 4 is 39.1 Å². The van der Waals surface area contributed by atoms with Gasteiger partial charge in [0.25, 0.3) is 5.91 Å². The SMILES string of the molecule is COC(=O)CC(NC(=O)c1csc(CN)n1)c1cccc(Br)c1. The number of nitrogens with two attached hydrogens (primary N) is 1.